The maximum Gasteiger partial charge on any atom is 0.224 e. The lowest BCUT2D eigenvalue weighted by Crippen LogP contribution is -1.98. The van der Waals surface area contributed by atoms with Gasteiger partial charge in [-0.25, -0.2) is 9.97 Å². The summed E-state index contributed by atoms with van der Waals surface area (Å²) in [5.74, 6) is 0.653. The van der Waals surface area contributed by atoms with E-state index in [0.29, 0.717) is 5.95 Å². The Kier molecular flexibility index (Phi) is 3.56. The van der Waals surface area contributed by atoms with E-state index in [4.69, 9.17) is 0 Å². The van der Waals surface area contributed by atoms with Crippen LogP contribution in [0, 0.1) is 6.92 Å². The van der Waals surface area contributed by atoms with Crippen molar-refractivity contribution >= 4 is 28.6 Å². The molecule has 0 saturated heterocycles. The summed E-state index contributed by atoms with van der Waals surface area (Å²) in [6.07, 6.45) is 0. The van der Waals surface area contributed by atoms with E-state index in [0.717, 1.165) is 15.9 Å². The van der Waals surface area contributed by atoms with Crippen LogP contribution >= 0.6 is 11.8 Å². The second-order valence-corrected chi connectivity index (χ2v) is 5.52. The van der Waals surface area contributed by atoms with Gasteiger partial charge in [-0.15, -0.1) is 0 Å². The van der Waals surface area contributed by atoms with Crippen LogP contribution in [0.25, 0.3) is 10.9 Å². The number of hydrogen-bond acceptors (Lipinski definition) is 4. The number of nitrogens with zero attached hydrogens (tertiary/aromatic N) is 2. The number of rotatable bonds is 3. The average molecular weight is 281 g/mol. The zero-order valence-corrected chi connectivity index (χ0v) is 12.2. The van der Waals surface area contributed by atoms with Crippen LogP contribution in [-0.2, 0) is 0 Å². The minimum atomic E-state index is 0.653. The van der Waals surface area contributed by atoms with E-state index in [-0.39, 0.29) is 0 Å². The summed E-state index contributed by atoms with van der Waals surface area (Å²) >= 11 is 1.68. The van der Waals surface area contributed by atoms with Gasteiger partial charge in [-0.1, -0.05) is 48.2 Å². The number of hydrogen-bond donors (Lipinski definition) is 1. The van der Waals surface area contributed by atoms with Crippen LogP contribution in [0.2, 0.25) is 0 Å². The predicted octanol–water partition coefficient (Wildman–Crippen LogP) is 4.13. The predicted molar refractivity (Wildman–Crippen MR) is 84.4 cm³/mol. The normalized spacial score (nSPS) is 10.7. The average Bonchev–Trinajstić information content (AvgIpc) is 2.49. The number of anilines is 1. The lowest BCUT2D eigenvalue weighted by atomic mass is 10.2. The first kappa shape index (κ1) is 12.9. The number of nitrogens with one attached hydrogen (secondary N) is 1. The summed E-state index contributed by atoms with van der Waals surface area (Å²) in [5, 5.41) is 5.09. The quantitative estimate of drug-likeness (QED) is 0.732. The Hall–Kier alpha value is -2.07. The van der Waals surface area contributed by atoms with Crippen molar-refractivity contribution in [3.63, 3.8) is 0 Å². The van der Waals surface area contributed by atoms with Crippen molar-refractivity contribution in [2.24, 2.45) is 0 Å². The number of benzene rings is 2. The molecule has 3 rings (SSSR count). The minimum absolute atomic E-state index is 0.653. The molecule has 0 saturated carbocycles. The molecule has 0 amide bonds. The SMILES string of the molecule is CNc1nc(Sc2ccccc2C)c2ccccc2n1. The molecule has 1 heterocycles. The van der Waals surface area contributed by atoms with Crippen molar-refractivity contribution in [2.45, 2.75) is 16.8 Å². The first-order valence-electron chi connectivity index (χ1n) is 6.46. The summed E-state index contributed by atoms with van der Waals surface area (Å²) in [4.78, 5) is 10.3. The molecule has 2 aromatic carbocycles. The van der Waals surface area contributed by atoms with Gasteiger partial charge in [0.05, 0.1) is 5.52 Å². The molecule has 0 bridgehead atoms. The lowest BCUT2D eigenvalue weighted by Gasteiger charge is -2.09. The van der Waals surface area contributed by atoms with Gasteiger partial charge in [0, 0.05) is 17.3 Å². The fourth-order valence-electron chi connectivity index (χ4n) is 2.01. The second-order valence-electron chi connectivity index (χ2n) is 4.49. The Balaban J connectivity index is 2.13. The Morgan fingerprint density at radius 3 is 2.50 bits per heavy atom. The van der Waals surface area contributed by atoms with Gasteiger partial charge in [-0.2, -0.15) is 0 Å². The Labute approximate surface area is 122 Å². The van der Waals surface area contributed by atoms with Crippen molar-refractivity contribution in [3.8, 4) is 0 Å². The lowest BCUT2D eigenvalue weighted by molar-refractivity contribution is 1.09. The minimum Gasteiger partial charge on any atom is -0.357 e. The molecule has 0 fully saturated rings. The van der Waals surface area contributed by atoms with Crippen LogP contribution in [0.15, 0.2) is 58.5 Å². The molecule has 0 atom stereocenters. The topological polar surface area (TPSA) is 37.8 Å². The van der Waals surface area contributed by atoms with E-state index in [2.05, 4.69) is 52.5 Å². The van der Waals surface area contributed by atoms with Gasteiger partial charge in [0.25, 0.3) is 0 Å². The van der Waals surface area contributed by atoms with E-state index in [9.17, 15) is 0 Å². The van der Waals surface area contributed by atoms with Crippen molar-refractivity contribution in [1.82, 2.24) is 9.97 Å². The zero-order chi connectivity index (χ0) is 13.9. The van der Waals surface area contributed by atoms with E-state index in [1.54, 1.807) is 11.8 Å². The standard InChI is InChI=1S/C16H15N3S/c1-11-7-3-6-10-14(11)20-15-12-8-4-5-9-13(12)18-16(17-2)19-15/h3-10H,1-2H3,(H,17,18,19). The van der Waals surface area contributed by atoms with Crippen LogP contribution in [0.4, 0.5) is 5.95 Å². The number of aryl methyl sites for hydroxylation is 1. The molecule has 1 N–H and O–H groups in total. The Morgan fingerprint density at radius 1 is 0.950 bits per heavy atom. The van der Waals surface area contributed by atoms with Crippen LogP contribution < -0.4 is 5.32 Å². The first-order chi connectivity index (χ1) is 9.78. The Bertz CT molecular complexity index is 756. The number of para-hydroxylation sites is 1. The summed E-state index contributed by atoms with van der Waals surface area (Å²) in [5.41, 5.74) is 2.22. The van der Waals surface area contributed by atoms with Gasteiger partial charge in [0.15, 0.2) is 0 Å². The summed E-state index contributed by atoms with van der Waals surface area (Å²) < 4.78 is 0. The largest absolute Gasteiger partial charge is 0.357 e. The molecule has 100 valence electrons. The van der Waals surface area contributed by atoms with Gasteiger partial charge >= 0.3 is 0 Å². The molecule has 20 heavy (non-hydrogen) atoms. The van der Waals surface area contributed by atoms with Crippen LogP contribution in [0.3, 0.4) is 0 Å². The molecule has 0 spiro atoms. The van der Waals surface area contributed by atoms with Crippen LogP contribution in [-0.4, -0.2) is 17.0 Å². The van der Waals surface area contributed by atoms with Gasteiger partial charge in [0.2, 0.25) is 5.95 Å². The molecule has 4 heteroatoms. The van der Waals surface area contributed by atoms with Crippen molar-refractivity contribution in [1.29, 1.82) is 0 Å². The fourth-order valence-corrected chi connectivity index (χ4v) is 3.01. The van der Waals surface area contributed by atoms with Gasteiger partial charge < -0.3 is 5.32 Å². The van der Waals surface area contributed by atoms with E-state index in [1.165, 1.54) is 10.5 Å². The third kappa shape index (κ3) is 2.47. The molecular weight excluding hydrogens is 266 g/mol. The third-order valence-corrected chi connectivity index (χ3v) is 4.27. The molecular formula is C16H15N3S. The molecule has 0 unspecified atom stereocenters. The van der Waals surface area contributed by atoms with Crippen molar-refractivity contribution in [3.05, 3.63) is 54.1 Å². The Morgan fingerprint density at radius 2 is 1.70 bits per heavy atom. The molecule has 3 nitrogen and oxygen atoms in total. The van der Waals surface area contributed by atoms with Crippen molar-refractivity contribution < 1.29 is 0 Å². The summed E-state index contributed by atoms with van der Waals surface area (Å²) in [6, 6.07) is 16.4. The maximum absolute atomic E-state index is 4.60. The second kappa shape index (κ2) is 5.51. The first-order valence-corrected chi connectivity index (χ1v) is 7.27. The number of fused-ring (bicyclic) bond motifs is 1. The molecule has 0 aliphatic heterocycles. The highest BCUT2D eigenvalue weighted by atomic mass is 32.2. The van der Waals surface area contributed by atoms with Gasteiger partial charge in [0.1, 0.15) is 5.03 Å². The highest BCUT2D eigenvalue weighted by Gasteiger charge is 2.09. The van der Waals surface area contributed by atoms with Gasteiger partial charge in [-0.3, -0.25) is 0 Å². The van der Waals surface area contributed by atoms with Crippen LogP contribution in [0.1, 0.15) is 5.56 Å². The van der Waals surface area contributed by atoms with E-state index >= 15 is 0 Å². The number of aromatic nitrogens is 2. The van der Waals surface area contributed by atoms with E-state index in [1.807, 2.05) is 25.2 Å². The zero-order valence-electron chi connectivity index (χ0n) is 11.4. The summed E-state index contributed by atoms with van der Waals surface area (Å²) in [7, 11) is 1.84. The monoisotopic (exact) mass is 281 g/mol. The molecule has 0 aliphatic carbocycles. The maximum atomic E-state index is 4.60. The third-order valence-electron chi connectivity index (χ3n) is 3.09. The van der Waals surface area contributed by atoms with Gasteiger partial charge in [-0.05, 0) is 24.6 Å². The highest BCUT2D eigenvalue weighted by molar-refractivity contribution is 7.99. The summed E-state index contributed by atoms with van der Waals surface area (Å²) in [6.45, 7) is 2.12. The smallest absolute Gasteiger partial charge is 0.224 e. The molecule has 1 aromatic heterocycles. The molecule has 0 aliphatic rings. The fraction of sp³-hybridized carbons (Fsp3) is 0.125. The molecule has 0 radical (unpaired) electrons. The van der Waals surface area contributed by atoms with Crippen molar-refractivity contribution in [2.75, 3.05) is 12.4 Å². The highest BCUT2D eigenvalue weighted by Crippen LogP contribution is 2.33. The molecule has 3 aromatic rings. The van der Waals surface area contributed by atoms with Crippen LogP contribution in [0.5, 0.6) is 0 Å². The van der Waals surface area contributed by atoms with E-state index < -0.39 is 0 Å².